The normalized spacial score (nSPS) is 15.7. The zero-order valence-electron chi connectivity index (χ0n) is 11.4. The van der Waals surface area contributed by atoms with E-state index in [1.165, 1.54) is 29.1 Å². The van der Waals surface area contributed by atoms with E-state index in [9.17, 15) is 10.1 Å². The number of carbonyl (C=O) groups excluding carboxylic acids is 1. The SMILES string of the molecule is CC(Nc1sc(C(=O)N(C)C)c(N)c1C#N)C1CC1. The lowest BCUT2D eigenvalue weighted by molar-refractivity contribution is 0.0833. The Morgan fingerprint density at radius 1 is 1.58 bits per heavy atom. The van der Waals surface area contributed by atoms with Crippen molar-refractivity contribution in [3.63, 3.8) is 0 Å². The molecule has 0 bridgehead atoms. The van der Waals surface area contributed by atoms with Crippen LogP contribution in [-0.4, -0.2) is 30.9 Å². The third-order valence-electron chi connectivity index (χ3n) is 3.35. The summed E-state index contributed by atoms with van der Waals surface area (Å²) in [5.41, 5.74) is 6.60. The third-order valence-corrected chi connectivity index (χ3v) is 4.47. The summed E-state index contributed by atoms with van der Waals surface area (Å²) in [5.74, 6) is 0.508. The lowest BCUT2D eigenvalue weighted by Crippen LogP contribution is -2.21. The minimum Gasteiger partial charge on any atom is -0.396 e. The molecule has 1 aromatic heterocycles. The van der Waals surface area contributed by atoms with Crippen molar-refractivity contribution in [3.8, 4) is 6.07 Å². The quantitative estimate of drug-likeness (QED) is 0.883. The molecule has 1 atom stereocenters. The Balaban J connectivity index is 2.30. The number of amides is 1. The molecule has 1 aromatic rings. The van der Waals surface area contributed by atoms with Gasteiger partial charge < -0.3 is 16.0 Å². The average molecular weight is 278 g/mol. The van der Waals surface area contributed by atoms with Gasteiger partial charge in [-0.15, -0.1) is 11.3 Å². The fourth-order valence-electron chi connectivity index (χ4n) is 1.94. The van der Waals surface area contributed by atoms with Crippen molar-refractivity contribution in [1.82, 2.24) is 4.90 Å². The summed E-state index contributed by atoms with van der Waals surface area (Å²) in [5, 5.41) is 13.2. The van der Waals surface area contributed by atoms with Crippen LogP contribution in [0.25, 0.3) is 0 Å². The van der Waals surface area contributed by atoms with Crippen LogP contribution in [0, 0.1) is 17.2 Å². The zero-order valence-corrected chi connectivity index (χ0v) is 12.2. The van der Waals surface area contributed by atoms with Gasteiger partial charge in [0.25, 0.3) is 5.91 Å². The largest absolute Gasteiger partial charge is 0.396 e. The van der Waals surface area contributed by atoms with Crippen LogP contribution in [-0.2, 0) is 0 Å². The summed E-state index contributed by atoms with van der Waals surface area (Å²) in [7, 11) is 3.35. The van der Waals surface area contributed by atoms with Gasteiger partial charge in [0.2, 0.25) is 0 Å². The average Bonchev–Trinajstić information content (AvgIpc) is 3.15. The number of nitrogens with one attached hydrogen (secondary N) is 1. The Labute approximate surface area is 117 Å². The van der Waals surface area contributed by atoms with E-state index in [1.54, 1.807) is 14.1 Å². The van der Waals surface area contributed by atoms with Crippen LogP contribution in [0.5, 0.6) is 0 Å². The number of thiophene rings is 1. The van der Waals surface area contributed by atoms with Gasteiger partial charge in [-0.25, -0.2) is 0 Å². The number of nitrogens with zero attached hydrogens (tertiary/aromatic N) is 2. The molecule has 2 rings (SSSR count). The maximum absolute atomic E-state index is 12.0. The van der Waals surface area contributed by atoms with Gasteiger partial charge in [0, 0.05) is 20.1 Å². The van der Waals surface area contributed by atoms with Crippen molar-refractivity contribution in [2.75, 3.05) is 25.1 Å². The Kier molecular flexibility index (Phi) is 3.67. The number of nitrogen functional groups attached to an aromatic ring is 1. The molecule has 1 aliphatic carbocycles. The minimum atomic E-state index is -0.161. The van der Waals surface area contributed by atoms with Crippen molar-refractivity contribution in [3.05, 3.63) is 10.4 Å². The van der Waals surface area contributed by atoms with Gasteiger partial charge in [-0.2, -0.15) is 5.26 Å². The van der Waals surface area contributed by atoms with E-state index < -0.39 is 0 Å². The maximum Gasteiger partial charge on any atom is 0.265 e. The second kappa shape index (κ2) is 5.10. The predicted octanol–water partition coefficient (Wildman–Crippen LogP) is 2.11. The van der Waals surface area contributed by atoms with Crippen molar-refractivity contribution >= 4 is 27.9 Å². The van der Waals surface area contributed by atoms with Crippen molar-refractivity contribution in [1.29, 1.82) is 5.26 Å². The molecule has 6 heteroatoms. The summed E-state index contributed by atoms with van der Waals surface area (Å²) in [6.07, 6.45) is 2.45. The fourth-order valence-corrected chi connectivity index (χ4v) is 3.13. The lowest BCUT2D eigenvalue weighted by Gasteiger charge is -2.12. The summed E-state index contributed by atoms with van der Waals surface area (Å²) in [6, 6.07) is 2.41. The Morgan fingerprint density at radius 2 is 2.21 bits per heavy atom. The van der Waals surface area contributed by atoms with Crippen LogP contribution in [0.1, 0.15) is 35.0 Å². The number of anilines is 2. The number of hydrogen-bond acceptors (Lipinski definition) is 5. The summed E-state index contributed by atoms with van der Waals surface area (Å²) in [6.45, 7) is 2.10. The molecule has 1 unspecified atom stereocenters. The van der Waals surface area contributed by atoms with E-state index in [0.29, 0.717) is 27.4 Å². The smallest absolute Gasteiger partial charge is 0.265 e. The van der Waals surface area contributed by atoms with Crippen LogP contribution in [0.15, 0.2) is 0 Å². The van der Waals surface area contributed by atoms with Crippen LogP contribution >= 0.6 is 11.3 Å². The second-order valence-electron chi connectivity index (χ2n) is 5.13. The van der Waals surface area contributed by atoms with Gasteiger partial charge in [0.15, 0.2) is 0 Å². The Hall–Kier alpha value is -1.74. The van der Waals surface area contributed by atoms with Gasteiger partial charge >= 0.3 is 0 Å². The summed E-state index contributed by atoms with van der Waals surface area (Å²) in [4.78, 5) is 13.9. The molecule has 1 fully saturated rings. The highest BCUT2D eigenvalue weighted by Crippen LogP contribution is 2.39. The fraction of sp³-hybridized carbons (Fsp3) is 0.538. The first kappa shape index (κ1) is 13.7. The van der Waals surface area contributed by atoms with Crippen LogP contribution in [0.2, 0.25) is 0 Å². The predicted molar refractivity (Wildman–Crippen MR) is 77.3 cm³/mol. The first-order valence-electron chi connectivity index (χ1n) is 6.26. The van der Waals surface area contributed by atoms with Crippen LogP contribution in [0.4, 0.5) is 10.7 Å². The van der Waals surface area contributed by atoms with E-state index in [0.717, 1.165) is 0 Å². The molecule has 3 N–H and O–H groups in total. The maximum atomic E-state index is 12.0. The van der Waals surface area contributed by atoms with E-state index in [2.05, 4.69) is 18.3 Å². The zero-order chi connectivity index (χ0) is 14.2. The molecule has 1 heterocycles. The minimum absolute atomic E-state index is 0.161. The molecule has 0 radical (unpaired) electrons. The van der Waals surface area contributed by atoms with Crippen LogP contribution < -0.4 is 11.1 Å². The van der Waals surface area contributed by atoms with E-state index in [-0.39, 0.29) is 11.6 Å². The highest BCUT2D eigenvalue weighted by Gasteiger charge is 2.30. The molecule has 0 aromatic carbocycles. The van der Waals surface area contributed by atoms with E-state index >= 15 is 0 Å². The Bertz CT molecular complexity index is 540. The first-order valence-corrected chi connectivity index (χ1v) is 7.08. The molecule has 19 heavy (non-hydrogen) atoms. The topological polar surface area (TPSA) is 82.2 Å². The molecule has 1 amide bonds. The van der Waals surface area contributed by atoms with Gasteiger partial charge in [-0.3, -0.25) is 4.79 Å². The Morgan fingerprint density at radius 3 is 2.68 bits per heavy atom. The molecular formula is C13H18N4OS. The standard InChI is InChI=1S/C13H18N4OS/c1-7(8-4-5-8)16-12-9(6-14)10(15)11(19-12)13(18)17(2)3/h7-8,16H,4-5,15H2,1-3H3. The number of nitriles is 1. The van der Waals surface area contributed by atoms with Crippen LogP contribution in [0.3, 0.4) is 0 Å². The monoisotopic (exact) mass is 278 g/mol. The highest BCUT2D eigenvalue weighted by atomic mass is 32.1. The molecule has 102 valence electrons. The number of nitrogens with two attached hydrogens (primary N) is 1. The highest BCUT2D eigenvalue weighted by molar-refractivity contribution is 7.18. The van der Waals surface area contributed by atoms with Crippen molar-refractivity contribution < 1.29 is 4.79 Å². The lowest BCUT2D eigenvalue weighted by atomic mass is 10.2. The van der Waals surface area contributed by atoms with E-state index in [1.807, 2.05) is 0 Å². The summed E-state index contributed by atoms with van der Waals surface area (Å²) >= 11 is 1.27. The second-order valence-corrected chi connectivity index (χ2v) is 6.15. The van der Waals surface area contributed by atoms with E-state index in [4.69, 9.17) is 5.73 Å². The number of rotatable bonds is 4. The van der Waals surface area contributed by atoms with Gasteiger partial charge in [0.05, 0.1) is 5.69 Å². The molecule has 1 aliphatic rings. The molecular weight excluding hydrogens is 260 g/mol. The van der Waals surface area contributed by atoms with Gasteiger partial charge in [0.1, 0.15) is 21.5 Å². The molecule has 5 nitrogen and oxygen atoms in total. The van der Waals surface area contributed by atoms with Gasteiger partial charge in [-0.1, -0.05) is 0 Å². The number of carbonyl (C=O) groups is 1. The number of hydrogen-bond donors (Lipinski definition) is 2. The first-order chi connectivity index (χ1) is 8.95. The molecule has 0 aliphatic heterocycles. The molecule has 0 spiro atoms. The molecule has 1 saturated carbocycles. The van der Waals surface area contributed by atoms with Crippen molar-refractivity contribution in [2.45, 2.75) is 25.8 Å². The van der Waals surface area contributed by atoms with Crippen molar-refractivity contribution in [2.24, 2.45) is 5.92 Å². The molecule has 0 saturated heterocycles. The summed E-state index contributed by atoms with van der Waals surface area (Å²) < 4.78 is 0. The third kappa shape index (κ3) is 2.66. The van der Waals surface area contributed by atoms with Gasteiger partial charge in [-0.05, 0) is 25.7 Å².